The lowest BCUT2D eigenvalue weighted by Gasteiger charge is -2.33. The molecule has 1 nitrogen and oxygen atoms in total. The Morgan fingerprint density at radius 1 is 1.36 bits per heavy atom. The fourth-order valence-electron chi connectivity index (χ4n) is 1.39. The van der Waals surface area contributed by atoms with Crippen LogP contribution in [0.15, 0.2) is 0 Å². The predicted molar refractivity (Wildman–Crippen MR) is 57.0 cm³/mol. The second-order valence-electron chi connectivity index (χ2n) is 4.32. The van der Waals surface area contributed by atoms with Gasteiger partial charge < -0.3 is 4.23 Å². The highest BCUT2D eigenvalue weighted by molar-refractivity contribution is 6.84. The average molecular weight is 185 g/mol. The summed E-state index contributed by atoms with van der Waals surface area (Å²) < 4.78 is 2.71. The maximum absolute atomic E-state index is 2.71. The van der Waals surface area contributed by atoms with Crippen LogP contribution in [-0.2, 0) is 0 Å². The van der Waals surface area contributed by atoms with Crippen molar-refractivity contribution < 1.29 is 0 Å². The van der Waals surface area contributed by atoms with E-state index in [-0.39, 0.29) is 8.57 Å². The molecule has 3 heteroatoms. The van der Waals surface area contributed by atoms with Gasteiger partial charge in [-0.2, -0.15) is 0 Å². The van der Waals surface area contributed by atoms with Crippen LogP contribution < -0.4 is 0 Å². The second kappa shape index (κ2) is 3.23. The van der Waals surface area contributed by atoms with Gasteiger partial charge in [0.15, 0.2) is 0 Å². The number of rotatable bonds is 2. The van der Waals surface area contributed by atoms with E-state index in [2.05, 4.69) is 36.6 Å². The smallest absolute Gasteiger partial charge is 0.137 e. The Balaban J connectivity index is 2.60. The lowest BCUT2D eigenvalue weighted by Crippen LogP contribution is -2.48. The van der Waals surface area contributed by atoms with Crippen LogP contribution in [0.5, 0.6) is 0 Å². The van der Waals surface area contributed by atoms with Crippen molar-refractivity contribution in [3.8, 4) is 0 Å². The van der Waals surface area contributed by atoms with E-state index in [1.807, 2.05) is 0 Å². The molecule has 1 aliphatic heterocycles. The third kappa shape index (κ3) is 2.27. The lowest BCUT2D eigenvalue weighted by atomic mass is 10.4. The molecule has 0 saturated heterocycles. The van der Waals surface area contributed by atoms with Gasteiger partial charge in [0.05, 0.1) is 0 Å². The molecule has 0 aliphatic carbocycles. The maximum Gasteiger partial charge on any atom is 0.137 e. The lowest BCUT2D eigenvalue weighted by molar-refractivity contribution is 0.786. The van der Waals surface area contributed by atoms with Gasteiger partial charge in [0, 0.05) is 0 Å². The zero-order valence-electron chi connectivity index (χ0n) is 8.15. The molecule has 0 N–H and O–H groups in total. The highest BCUT2D eigenvalue weighted by Crippen LogP contribution is 2.13. The summed E-state index contributed by atoms with van der Waals surface area (Å²) >= 11 is 0. The Bertz CT molecular complexity index is 169. The summed E-state index contributed by atoms with van der Waals surface area (Å²) in [7, 11) is 1.18. The van der Waals surface area contributed by atoms with Crippen molar-refractivity contribution in [2.45, 2.75) is 38.5 Å². The van der Waals surface area contributed by atoms with Crippen molar-refractivity contribution in [3.05, 3.63) is 0 Å². The van der Waals surface area contributed by atoms with E-state index in [0.29, 0.717) is 0 Å². The van der Waals surface area contributed by atoms with Crippen LogP contribution in [0.1, 0.15) is 12.8 Å². The highest BCUT2D eigenvalue weighted by Gasteiger charge is 2.23. The van der Waals surface area contributed by atoms with Crippen LogP contribution in [-0.4, -0.2) is 33.8 Å². The first-order valence-electron chi connectivity index (χ1n) is 4.44. The van der Waals surface area contributed by atoms with E-state index >= 15 is 0 Å². The van der Waals surface area contributed by atoms with E-state index in [4.69, 9.17) is 0 Å². The molecule has 1 rings (SSSR count). The van der Waals surface area contributed by atoms with Gasteiger partial charge in [-0.05, 0) is 25.9 Å². The summed E-state index contributed by atoms with van der Waals surface area (Å²) in [5, 5.41) is 0. The van der Waals surface area contributed by atoms with Crippen molar-refractivity contribution >= 4 is 22.5 Å². The van der Waals surface area contributed by atoms with Crippen LogP contribution in [0.2, 0.25) is 25.7 Å². The summed E-state index contributed by atoms with van der Waals surface area (Å²) in [6.45, 7) is 7.32. The molecule has 1 heterocycles. The van der Waals surface area contributed by atoms with Gasteiger partial charge in [0.1, 0.15) is 16.8 Å². The first-order valence-corrected chi connectivity index (χ1v) is 9.62. The Labute approximate surface area is 72.8 Å². The standard InChI is InChI=1S/C8H19NSi2/c1-9(11(2,3)4)10-7-5-6-8-10/h7H,5-6,8H2,1-4H3. The van der Waals surface area contributed by atoms with Crippen molar-refractivity contribution in [1.82, 2.24) is 4.23 Å². The molecule has 64 valence electrons. The molecule has 1 aliphatic rings. The zero-order valence-corrected chi connectivity index (χ0v) is 10.1. The van der Waals surface area contributed by atoms with Gasteiger partial charge >= 0.3 is 0 Å². The summed E-state index contributed by atoms with van der Waals surface area (Å²) in [5.41, 5.74) is 2.59. The summed E-state index contributed by atoms with van der Waals surface area (Å²) in [4.78, 5) is 0. The highest BCUT2D eigenvalue weighted by atomic mass is 28.4. The van der Waals surface area contributed by atoms with Gasteiger partial charge in [-0.3, -0.25) is 0 Å². The van der Waals surface area contributed by atoms with Crippen LogP contribution >= 0.6 is 0 Å². The van der Waals surface area contributed by atoms with Crippen LogP contribution in [0.4, 0.5) is 0 Å². The monoisotopic (exact) mass is 185 g/mol. The normalized spacial score (nSPS) is 18.4. The Hall–Kier alpha value is 0.104. The maximum atomic E-state index is 2.71. The fraction of sp³-hybridized carbons (Fsp3) is 0.875. The molecular formula is C8H19NSi2. The van der Waals surface area contributed by atoms with Gasteiger partial charge in [-0.15, -0.1) is 0 Å². The molecular weight excluding hydrogens is 166 g/mol. The van der Waals surface area contributed by atoms with Crippen molar-refractivity contribution in [1.29, 1.82) is 0 Å². The van der Waals surface area contributed by atoms with E-state index in [1.165, 1.54) is 18.9 Å². The minimum atomic E-state index is -0.978. The van der Waals surface area contributed by atoms with Crippen LogP contribution in [0.25, 0.3) is 0 Å². The first kappa shape index (κ1) is 9.19. The van der Waals surface area contributed by atoms with Crippen LogP contribution in [0, 0.1) is 0 Å². The molecule has 0 fully saturated rings. The van der Waals surface area contributed by atoms with E-state index in [9.17, 15) is 0 Å². The molecule has 11 heavy (non-hydrogen) atoms. The second-order valence-corrected chi connectivity index (χ2v) is 12.3. The molecule has 0 aromatic carbocycles. The quantitative estimate of drug-likeness (QED) is 0.594. The number of hydrogen-bond donors (Lipinski definition) is 0. The molecule has 0 aromatic rings. The predicted octanol–water partition coefficient (Wildman–Crippen LogP) is 1.92. The van der Waals surface area contributed by atoms with Crippen LogP contribution in [0.3, 0.4) is 0 Å². The number of hydrogen-bond acceptors (Lipinski definition) is 1. The van der Waals surface area contributed by atoms with Crippen molar-refractivity contribution in [2.24, 2.45) is 0 Å². The minimum Gasteiger partial charge on any atom is -0.437 e. The summed E-state index contributed by atoms with van der Waals surface area (Å²) in [6.07, 6.45) is 2.83. The third-order valence-electron chi connectivity index (χ3n) is 2.45. The SMILES string of the molecule is CN([Si]1=CCCC1)[Si](C)(C)C. The van der Waals surface area contributed by atoms with E-state index < -0.39 is 8.24 Å². The molecule has 0 spiro atoms. The minimum absolute atomic E-state index is 0.177. The van der Waals surface area contributed by atoms with Gasteiger partial charge in [-0.25, -0.2) is 0 Å². The van der Waals surface area contributed by atoms with E-state index in [0.717, 1.165) is 0 Å². The Morgan fingerprint density at radius 3 is 2.36 bits per heavy atom. The third-order valence-corrected chi connectivity index (χ3v) is 9.83. The largest absolute Gasteiger partial charge is 0.437 e. The van der Waals surface area contributed by atoms with E-state index in [1.54, 1.807) is 0 Å². The molecule has 0 amide bonds. The molecule has 0 aromatic heterocycles. The van der Waals surface area contributed by atoms with Gasteiger partial charge in [0.25, 0.3) is 0 Å². The fourth-order valence-corrected chi connectivity index (χ4v) is 7.36. The summed E-state index contributed by atoms with van der Waals surface area (Å²) in [5.74, 6) is 0. The van der Waals surface area contributed by atoms with Crippen molar-refractivity contribution in [2.75, 3.05) is 7.05 Å². The van der Waals surface area contributed by atoms with Gasteiger partial charge in [-0.1, -0.05) is 25.3 Å². The Kier molecular flexibility index (Phi) is 2.70. The average Bonchev–Trinajstić information content (AvgIpc) is 2.34. The molecule has 0 atom stereocenters. The molecule has 0 unspecified atom stereocenters. The van der Waals surface area contributed by atoms with Crippen molar-refractivity contribution in [3.63, 3.8) is 0 Å². The first-order chi connectivity index (χ1) is 5.02. The van der Waals surface area contributed by atoms with Gasteiger partial charge in [0.2, 0.25) is 0 Å². The summed E-state index contributed by atoms with van der Waals surface area (Å²) in [6, 6.07) is 1.49. The molecule has 0 bridgehead atoms. The molecule has 0 radical (unpaired) electrons. The number of nitrogens with zero attached hydrogens (tertiary/aromatic N) is 1. The molecule has 0 saturated carbocycles. The topological polar surface area (TPSA) is 3.24 Å². The Morgan fingerprint density at radius 2 is 2.00 bits per heavy atom. The zero-order chi connectivity index (χ0) is 8.48.